The summed E-state index contributed by atoms with van der Waals surface area (Å²) in [4.78, 5) is 39.8. The largest absolute Gasteiger partial charge is 0.495 e. The first-order valence-corrected chi connectivity index (χ1v) is 9.38. The normalized spacial score (nSPS) is 21.0. The third kappa shape index (κ3) is 2.72. The maximum atomic E-state index is 13.3. The highest BCUT2D eigenvalue weighted by Crippen LogP contribution is 2.40. The van der Waals surface area contributed by atoms with E-state index in [1.165, 1.54) is 19.0 Å². The summed E-state index contributed by atoms with van der Waals surface area (Å²) in [6, 6.07) is 13.1. The molecule has 2 heterocycles. The molecule has 2 aromatic rings. The zero-order chi connectivity index (χ0) is 20.0. The molecule has 28 heavy (non-hydrogen) atoms. The number of hydrogen-bond acceptors (Lipinski definition) is 6. The number of hydrazone groups is 1. The van der Waals surface area contributed by atoms with Gasteiger partial charge >= 0.3 is 0 Å². The molecule has 0 N–H and O–H groups in total. The predicted molar refractivity (Wildman–Crippen MR) is 108 cm³/mol. The number of methoxy groups -OCH3 is 1. The van der Waals surface area contributed by atoms with Crippen molar-refractivity contribution in [2.45, 2.75) is 13.0 Å². The Morgan fingerprint density at radius 3 is 2.39 bits per heavy atom. The van der Waals surface area contributed by atoms with Crippen molar-refractivity contribution >= 4 is 50.6 Å². The standard InChI is InChI=1S/C20H16BrN3O4/c1-11(25)17-16-18(24(22-17)13-9-7-12(21)8-10-13)20(27)23(19(16)26)14-5-3-4-6-15(14)28-2/h3-10,16,18H,1-2H3/t16-,18+/m1/s1. The number of amides is 2. The molecule has 142 valence electrons. The molecule has 0 aliphatic carbocycles. The number of carbonyl (C=O) groups excluding carboxylic acids is 3. The molecular weight excluding hydrogens is 426 g/mol. The Balaban J connectivity index is 1.82. The molecule has 0 aromatic heterocycles. The molecule has 2 aliphatic rings. The van der Waals surface area contributed by atoms with Crippen molar-refractivity contribution in [3.05, 3.63) is 53.0 Å². The summed E-state index contributed by atoms with van der Waals surface area (Å²) in [6.07, 6.45) is 0. The van der Waals surface area contributed by atoms with Gasteiger partial charge in [-0.05, 0) is 36.4 Å². The fraction of sp³-hybridized carbons (Fsp3) is 0.200. The van der Waals surface area contributed by atoms with Gasteiger partial charge in [0.05, 0.1) is 18.5 Å². The van der Waals surface area contributed by atoms with Crippen LogP contribution < -0.4 is 14.6 Å². The van der Waals surface area contributed by atoms with Gasteiger partial charge in [-0.15, -0.1) is 0 Å². The summed E-state index contributed by atoms with van der Waals surface area (Å²) in [7, 11) is 1.47. The molecule has 0 radical (unpaired) electrons. The SMILES string of the molecule is COc1ccccc1N1C(=O)[C@@H]2C(C(C)=O)=NN(c3ccc(Br)cc3)[C@@H]2C1=O. The van der Waals surface area contributed by atoms with Crippen LogP contribution in [-0.2, 0) is 14.4 Å². The molecule has 2 aliphatic heterocycles. The minimum absolute atomic E-state index is 0.0867. The van der Waals surface area contributed by atoms with Gasteiger partial charge in [0.15, 0.2) is 5.78 Å². The molecule has 8 heteroatoms. The lowest BCUT2D eigenvalue weighted by atomic mass is 9.95. The number of para-hydroxylation sites is 2. The molecule has 0 unspecified atom stereocenters. The van der Waals surface area contributed by atoms with Gasteiger partial charge in [0, 0.05) is 11.4 Å². The quantitative estimate of drug-likeness (QED) is 0.681. The monoisotopic (exact) mass is 441 g/mol. The van der Waals surface area contributed by atoms with E-state index in [9.17, 15) is 14.4 Å². The summed E-state index contributed by atoms with van der Waals surface area (Å²) in [5.41, 5.74) is 1.06. The fourth-order valence-corrected chi connectivity index (χ4v) is 3.83. The number of anilines is 2. The Kier molecular flexibility index (Phi) is 4.50. The molecule has 0 saturated carbocycles. The van der Waals surface area contributed by atoms with E-state index in [4.69, 9.17) is 4.74 Å². The number of rotatable bonds is 4. The van der Waals surface area contributed by atoms with E-state index < -0.39 is 23.8 Å². The number of ketones is 1. The number of hydrogen-bond donors (Lipinski definition) is 0. The maximum Gasteiger partial charge on any atom is 0.260 e. The summed E-state index contributed by atoms with van der Waals surface area (Å²) in [5.74, 6) is -1.80. The molecule has 2 amide bonds. The second-order valence-electron chi connectivity index (χ2n) is 6.47. The van der Waals surface area contributed by atoms with Gasteiger partial charge in [-0.3, -0.25) is 19.4 Å². The van der Waals surface area contributed by atoms with Gasteiger partial charge in [-0.1, -0.05) is 28.1 Å². The van der Waals surface area contributed by atoms with Crippen molar-refractivity contribution in [1.29, 1.82) is 0 Å². The molecule has 1 fully saturated rings. The fourth-order valence-electron chi connectivity index (χ4n) is 3.56. The highest BCUT2D eigenvalue weighted by atomic mass is 79.9. The first-order chi connectivity index (χ1) is 13.4. The van der Waals surface area contributed by atoms with Gasteiger partial charge in [0.1, 0.15) is 23.4 Å². The predicted octanol–water partition coefficient (Wildman–Crippen LogP) is 2.78. The number of fused-ring (bicyclic) bond motifs is 1. The van der Waals surface area contributed by atoms with Crippen molar-refractivity contribution in [3.63, 3.8) is 0 Å². The summed E-state index contributed by atoms with van der Waals surface area (Å²) in [5, 5.41) is 5.79. The van der Waals surface area contributed by atoms with Crippen molar-refractivity contribution in [2.24, 2.45) is 11.0 Å². The van der Waals surface area contributed by atoms with Crippen LogP contribution in [0.2, 0.25) is 0 Å². The Bertz CT molecular complexity index is 1020. The second-order valence-corrected chi connectivity index (χ2v) is 7.38. The Hall–Kier alpha value is -3.00. The van der Waals surface area contributed by atoms with E-state index in [1.54, 1.807) is 36.4 Å². The molecule has 4 rings (SSSR count). The van der Waals surface area contributed by atoms with Gasteiger partial charge in [-0.25, -0.2) is 4.90 Å². The summed E-state index contributed by atoms with van der Waals surface area (Å²) in [6.45, 7) is 1.35. The van der Waals surface area contributed by atoms with Crippen LogP contribution in [0.1, 0.15) is 6.92 Å². The summed E-state index contributed by atoms with van der Waals surface area (Å²) < 4.78 is 6.18. The smallest absolute Gasteiger partial charge is 0.260 e. The minimum atomic E-state index is -0.946. The van der Waals surface area contributed by atoms with Crippen LogP contribution in [0.25, 0.3) is 0 Å². The van der Waals surface area contributed by atoms with Crippen molar-refractivity contribution in [1.82, 2.24) is 0 Å². The molecule has 1 saturated heterocycles. The van der Waals surface area contributed by atoms with Crippen LogP contribution in [0.4, 0.5) is 11.4 Å². The number of Topliss-reactive ketones (excluding diaryl/α,β-unsaturated/α-hetero) is 1. The third-order valence-electron chi connectivity index (χ3n) is 4.83. The Labute approximate surface area is 169 Å². The first kappa shape index (κ1) is 18.4. The van der Waals surface area contributed by atoms with Gasteiger partial charge in [0.25, 0.3) is 5.91 Å². The second kappa shape index (κ2) is 6.87. The Morgan fingerprint density at radius 2 is 1.75 bits per heavy atom. The van der Waals surface area contributed by atoms with E-state index in [0.717, 1.165) is 9.37 Å². The first-order valence-electron chi connectivity index (χ1n) is 8.59. The molecular formula is C20H16BrN3O4. The van der Waals surface area contributed by atoms with Crippen LogP contribution in [0.15, 0.2) is 58.1 Å². The molecule has 2 atom stereocenters. The highest BCUT2D eigenvalue weighted by Gasteiger charge is 2.58. The molecule has 0 bridgehead atoms. The van der Waals surface area contributed by atoms with Crippen LogP contribution in [-0.4, -0.2) is 36.5 Å². The molecule has 2 aromatic carbocycles. The Morgan fingerprint density at radius 1 is 1.07 bits per heavy atom. The van der Waals surface area contributed by atoms with E-state index in [0.29, 0.717) is 17.1 Å². The topological polar surface area (TPSA) is 79.3 Å². The van der Waals surface area contributed by atoms with Crippen molar-refractivity contribution in [3.8, 4) is 5.75 Å². The lowest BCUT2D eigenvalue weighted by molar-refractivity contribution is -0.122. The van der Waals surface area contributed by atoms with E-state index >= 15 is 0 Å². The zero-order valence-electron chi connectivity index (χ0n) is 15.1. The van der Waals surface area contributed by atoms with Crippen LogP contribution in [0.5, 0.6) is 5.75 Å². The number of carbonyl (C=O) groups is 3. The van der Waals surface area contributed by atoms with E-state index in [1.807, 2.05) is 12.1 Å². The lowest BCUT2D eigenvalue weighted by Gasteiger charge is -2.22. The zero-order valence-corrected chi connectivity index (χ0v) is 16.7. The van der Waals surface area contributed by atoms with Gasteiger partial charge in [0.2, 0.25) is 5.91 Å². The van der Waals surface area contributed by atoms with Crippen LogP contribution in [0.3, 0.4) is 0 Å². The number of ether oxygens (including phenoxy) is 1. The highest BCUT2D eigenvalue weighted by molar-refractivity contribution is 9.10. The lowest BCUT2D eigenvalue weighted by Crippen LogP contribution is -2.39. The average molecular weight is 442 g/mol. The van der Waals surface area contributed by atoms with Crippen LogP contribution in [0, 0.1) is 5.92 Å². The summed E-state index contributed by atoms with van der Waals surface area (Å²) >= 11 is 3.37. The average Bonchev–Trinajstić information content (AvgIpc) is 3.20. The minimum Gasteiger partial charge on any atom is -0.495 e. The van der Waals surface area contributed by atoms with E-state index in [2.05, 4.69) is 21.0 Å². The van der Waals surface area contributed by atoms with Crippen molar-refractivity contribution in [2.75, 3.05) is 17.0 Å². The van der Waals surface area contributed by atoms with Crippen molar-refractivity contribution < 1.29 is 19.1 Å². The number of nitrogens with zero attached hydrogens (tertiary/aromatic N) is 3. The molecule has 7 nitrogen and oxygen atoms in total. The third-order valence-corrected chi connectivity index (χ3v) is 5.36. The van der Waals surface area contributed by atoms with Gasteiger partial charge < -0.3 is 4.74 Å². The molecule has 0 spiro atoms. The number of benzene rings is 2. The van der Waals surface area contributed by atoms with E-state index in [-0.39, 0.29) is 11.5 Å². The van der Waals surface area contributed by atoms with Gasteiger partial charge in [-0.2, -0.15) is 5.10 Å². The maximum absolute atomic E-state index is 13.3. The van der Waals surface area contributed by atoms with Crippen LogP contribution >= 0.6 is 15.9 Å². The number of halogens is 1. The number of imide groups is 1.